The van der Waals surface area contributed by atoms with E-state index in [1.165, 1.54) is 18.7 Å². The lowest BCUT2D eigenvalue weighted by Gasteiger charge is -2.11. The lowest BCUT2D eigenvalue weighted by atomic mass is 10.1. The summed E-state index contributed by atoms with van der Waals surface area (Å²) < 4.78 is 2.02. The molecule has 4 rings (SSSR count). The number of H-pyrrole nitrogens is 1. The summed E-state index contributed by atoms with van der Waals surface area (Å²) in [5, 5.41) is 9.53. The van der Waals surface area contributed by atoms with Crippen molar-refractivity contribution in [3.63, 3.8) is 0 Å². The van der Waals surface area contributed by atoms with Crippen LogP contribution in [0.1, 0.15) is 56.0 Å². The van der Waals surface area contributed by atoms with E-state index < -0.39 is 0 Å². The molecule has 0 aliphatic carbocycles. The first-order chi connectivity index (χ1) is 15.8. The molecule has 2 aromatic carbocycles. The quantitative estimate of drug-likeness (QED) is 0.287. The maximum atomic E-state index is 13.0. The van der Waals surface area contributed by atoms with Gasteiger partial charge in [-0.15, -0.1) is 10.2 Å². The Morgan fingerprint density at radius 1 is 1.00 bits per heavy atom. The second-order valence-electron chi connectivity index (χ2n) is 8.13. The molecule has 0 saturated carbocycles. The monoisotopic (exact) mass is 458 g/mol. The van der Waals surface area contributed by atoms with Crippen molar-refractivity contribution in [1.29, 1.82) is 0 Å². The Morgan fingerprint density at radius 2 is 1.76 bits per heavy atom. The number of hydrogen-bond acceptors (Lipinski definition) is 5. The first kappa shape index (κ1) is 22.7. The molecule has 0 spiro atoms. The fourth-order valence-electron chi connectivity index (χ4n) is 4.07. The van der Waals surface area contributed by atoms with Crippen molar-refractivity contribution in [1.82, 2.24) is 19.7 Å². The molecule has 0 aliphatic rings. The van der Waals surface area contributed by atoms with Gasteiger partial charge in [0.1, 0.15) is 5.82 Å². The van der Waals surface area contributed by atoms with Gasteiger partial charge in [-0.2, -0.15) is 0 Å². The lowest BCUT2D eigenvalue weighted by molar-refractivity contribution is 0.101. The number of carbonyl (C=O) groups is 2. The van der Waals surface area contributed by atoms with E-state index in [0.29, 0.717) is 28.4 Å². The minimum atomic E-state index is -0.0727. The van der Waals surface area contributed by atoms with Crippen molar-refractivity contribution in [2.45, 2.75) is 39.3 Å². The second-order valence-corrected chi connectivity index (χ2v) is 9.07. The molecule has 0 saturated heterocycles. The molecule has 0 bridgehead atoms. The van der Waals surface area contributed by atoms with E-state index in [1.54, 1.807) is 0 Å². The topological polar surface area (TPSA) is 80.6 Å². The predicted octanol–water partition coefficient (Wildman–Crippen LogP) is 5.29. The van der Waals surface area contributed by atoms with Gasteiger partial charge in [-0.1, -0.05) is 54.2 Å². The Labute approximate surface area is 197 Å². The van der Waals surface area contributed by atoms with Crippen molar-refractivity contribution in [2.75, 3.05) is 5.75 Å². The summed E-state index contributed by atoms with van der Waals surface area (Å²) in [6.45, 7) is 7.19. The van der Waals surface area contributed by atoms with Crippen LogP contribution < -0.4 is 0 Å². The molecule has 0 aliphatic heterocycles. The maximum Gasteiger partial charge on any atom is 0.196 e. The predicted molar refractivity (Wildman–Crippen MR) is 131 cm³/mol. The van der Waals surface area contributed by atoms with Crippen molar-refractivity contribution in [3.8, 4) is 5.69 Å². The molecule has 168 valence electrons. The van der Waals surface area contributed by atoms with Crippen LogP contribution in [0.2, 0.25) is 0 Å². The van der Waals surface area contributed by atoms with Crippen LogP contribution in [0.15, 0.2) is 59.8 Å². The van der Waals surface area contributed by atoms with Crippen LogP contribution in [-0.2, 0) is 6.42 Å². The average Bonchev–Trinajstić information content (AvgIpc) is 3.32. The maximum absolute atomic E-state index is 13.0. The summed E-state index contributed by atoms with van der Waals surface area (Å²) in [4.78, 5) is 28.0. The van der Waals surface area contributed by atoms with E-state index >= 15 is 0 Å². The van der Waals surface area contributed by atoms with Crippen LogP contribution in [0.25, 0.3) is 5.69 Å². The van der Waals surface area contributed by atoms with Gasteiger partial charge in [0, 0.05) is 23.4 Å². The first-order valence-electron chi connectivity index (χ1n) is 10.8. The highest BCUT2D eigenvalue weighted by atomic mass is 32.2. The van der Waals surface area contributed by atoms with E-state index in [2.05, 4.69) is 33.4 Å². The summed E-state index contributed by atoms with van der Waals surface area (Å²) in [6, 6.07) is 18.3. The highest BCUT2D eigenvalue weighted by Gasteiger charge is 2.22. The summed E-state index contributed by atoms with van der Waals surface area (Å²) in [7, 11) is 0. The number of hydrogen-bond donors (Lipinski definition) is 1. The summed E-state index contributed by atoms with van der Waals surface area (Å²) >= 11 is 1.35. The number of thioether (sulfide) groups is 1. The third kappa shape index (κ3) is 4.83. The van der Waals surface area contributed by atoms with Crippen LogP contribution in [0.5, 0.6) is 0 Å². The molecule has 6 nitrogen and oxygen atoms in total. The molecule has 0 unspecified atom stereocenters. The highest BCUT2D eigenvalue weighted by molar-refractivity contribution is 7.99. The molecule has 0 fully saturated rings. The smallest absolute Gasteiger partial charge is 0.196 e. The fourth-order valence-corrected chi connectivity index (χ4v) is 4.92. The molecule has 4 aromatic rings. The van der Waals surface area contributed by atoms with Gasteiger partial charge in [-0.3, -0.25) is 14.2 Å². The third-order valence-electron chi connectivity index (χ3n) is 5.57. The van der Waals surface area contributed by atoms with Crippen LogP contribution in [0.3, 0.4) is 0 Å². The van der Waals surface area contributed by atoms with Gasteiger partial charge in [-0.25, -0.2) is 0 Å². The Bertz CT molecular complexity index is 1320. The molecule has 0 radical (unpaired) electrons. The van der Waals surface area contributed by atoms with Crippen LogP contribution in [0, 0.1) is 20.8 Å². The number of carbonyl (C=O) groups excluding carboxylic acids is 2. The average molecular weight is 459 g/mol. The molecule has 2 aromatic heterocycles. The van der Waals surface area contributed by atoms with Crippen molar-refractivity contribution in [2.24, 2.45) is 0 Å². The van der Waals surface area contributed by atoms with Crippen LogP contribution in [-0.4, -0.2) is 37.1 Å². The van der Waals surface area contributed by atoms with E-state index in [9.17, 15) is 9.59 Å². The van der Waals surface area contributed by atoms with Gasteiger partial charge in [0.2, 0.25) is 0 Å². The van der Waals surface area contributed by atoms with E-state index in [1.807, 2.05) is 61.7 Å². The highest BCUT2D eigenvalue weighted by Crippen LogP contribution is 2.26. The van der Waals surface area contributed by atoms with E-state index in [0.717, 1.165) is 28.3 Å². The van der Waals surface area contributed by atoms with Gasteiger partial charge in [0.25, 0.3) is 0 Å². The normalized spacial score (nSPS) is 11.0. The van der Waals surface area contributed by atoms with Gasteiger partial charge >= 0.3 is 0 Å². The minimum absolute atomic E-state index is 0.0438. The number of nitrogens with zero attached hydrogens (tertiary/aromatic N) is 3. The largest absolute Gasteiger partial charge is 0.355 e. The molecule has 33 heavy (non-hydrogen) atoms. The fraction of sp³-hybridized carbons (Fsp3) is 0.231. The second kappa shape index (κ2) is 9.58. The van der Waals surface area contributed by atoms with Crippen LogP contribution >= 0.6 is 11.8 Å². The van der Waals surface area contributed by atoms with Gasteiger partial charge in [0.15, 0.2) is 16.7 Å². The first-order valence-corrected chi connectivity index (χ1v) is 11.7. The van der Waals surface area contributed by atoms with Crippen molar-refractivity contribution < 1.29 is 9.59 Å². The van der Waals surface area contributed by atoms with Gasteiger partial charge < -0.3 is 4.98 Å². The molecular formula is C26H26N4O2S. The number of rotatable bonds is 8. The summed E-state index contributed by atoms with van der Waals surface area (Å²) in [5.74, 6) is 0.884. The molecule has 0 amide bonds. The number of aromatic amines is 1. The number of ketones is 2. The van der Waals surface area contributed by atoms with E-state index in [4.69, 9.17) is 0 Å². The molecule has 0 atom stereocenters. The number of nitrogens with one attached hydrogen (secondary N) is 1. The number of Topliss-reactive ketones (excluding diaryl/α,β-unsaturated/α-hetero) is 2. The van der Waals surface area contributed by atoms with Gasteiger partial charge in [0.05, 0.1) is 11.4 Å². The number of aromatic nitrogens is 4. The van der Waals surface area contributed by atoms with E-state index in [-0.39, 0.29) is 17.3 Å². The zero-order chi connectivity index (χ0) is 23.5. The van der Waals surface area contributed by atoms with Crippen LogP contribution in [0.4, 0.5) is 0 Å². The van der Waals surface area contributed by atoms with Gasteiger partial charge in [-0.05, 0) is 56.5 Å². The number of aryl methyl sites for hydroxylation is 2. The van der Waals surface area contributed by atoms with Crippen molar-refractivity contribution >= 4 is 23.3 Å². The Balaban J connectivity index is 1.63. The molecule has 1 N–H and O–H groups in total. The standard InChI is InChI=1S/C26H26N4O2S/c1-16-9-8-12-21(13-16)30-23(14-20-10-6-5-7-11-20)28-29-26(30)33-15-22(32)25-17(2)24(19(4)31)18(3)27-25/h5-13,27H,14-15H2,1-4H3. The zero-order valence-electron chi connectivity index (χ0n) is 19.2. The summed E-state index contributed by atoms with van der Waals surface area (Å²) in [6.07, 6.45) is 0.632. The number of benzene rings is 2. The molecule has 7 heteroatoms. The Morgan fingerprint density at radius 3 is 2.42 bits per heavy atom. The molecular weight excluding hydrogens is 432 g/mol. The SMILES string of the molecule is CC(=O)c1c(C)[nH]c(C(=O)CSc2nnc(Cc3ccccc3)n2-c2cccc(C)c2)c1C. The Kier molecular flexibility index (Phi) is 6.60. The zero-order valence-corrected chi connectivity index (χ0v) is 20.0. The Hall–Kier alpha value is -3.45. The lowest BCUT2D eigenvalue weighted by Crippen LogP contribution is -2.08. The minimum Gasteiger partial charge on any atom is -0.355 e. The summed E-state index contributed by atoms with van der Waals surface area (Å²) in [5.41, 5.74) is 5.74. The van der Waals surface area contributed by atoms with Crippen molar-refractivity contribution in [3.05, 3.63) is 94.1 Å². The third-order valence-corrected chi connectivity index (χ3v) is 6.50. The molecule has 2 heterocycles.